The van der Waals surface area contributed by atoms with Crippen molar-refractivity contribution in [3.8, 4) is 0 Å². The maximum Gasteiger partial charge on any atom is 0.290 e. The summed E-state index contributed by atoms with van der Waals surface area (Å²) < 4.78 is 0. The molecule has 1 aliphatic heterocycles. The molecule has 20 heavy (non-hydrogen) atoms. The zero-order chi connectivity index (χ0) is 14.5. The van der Waals surface area contributed by atoms with E-state index in [1.807, 2.05) is 5.32 Å². The lowest BCUT2D eigenvalue weighted by Gasteiger charge is -2.04. The number of nitrogens with zero attached hydrogens (tertiary/aromatic N) is 1. The highest BCUT2D eigenvalue weighted by atomic mass is 32.2. The van der Waals surface area contributed by atoms with Crippen LogP contribution in [0.3, 0.4) is 0 Å². The molecule has 2 rings (SSSR count). The smallest absolute Gasteiger partial charge is 0.282 e. The number of hydrogen-bond donors (Lipinski definition) is 3. The molecule has 0 aromatic carbocycles. The van der Waals surface area contributed by atoms with Gasteiger partial charge in [-0.15, -0.1) is 0 Å². The number of amides is 4. The van der Waals surface area contributed by atoms with Gasteiger partial charge in [-0.25, -0.2) is 0 Å². The van der Waals surface area contributed by atoms with Gasteiger partial charge < -0.3 is 0 Å². The van der Waals surface area contributed by atoms with Crippen LogP contribution in [0.25, 0.3) is 0 Å². The van der Waals surface area contributed by atoms with Crippen molar-refractivity contribution in [2.24, 2.45) is 0 Å². The fourth-order valence-electron chi connectivity index (χ4n) is 1.27. The zero-order valence-electron chi connectivity index (χ0n) is 9.88. The van der Waals surface area contributed by atoms with Crippen LogP contribution in [0.1, 0.15) is 10.4 Å². The van der Waals surface area contributed by atoms with E-state index in [-0.39, 0.29) is 4.91 Å². The van der Waals surface area contributed by atoms with Gasteiger partial charge in [0.25, 0.3) is 23.0 Å². The SMILES string of the molecule is O=C(C=C1SC(=O)NC1=O)NNC(=O)c1ccncc1. The lowest BCUT2D eigenvalue weighted by Crippen LogP contribution is -2.41. The van der Waals surface area contributed by atoms with Gasteiger partial charge in [-0.3, -0.25) is 40.3 Å². The van der Waals surface area contributed by atoms with Crippen LogP contribution in [0, 0.1) is 0 Å². The molecule has 3 N–H and O–H groups in total. The van der Waals surface area contributed by atoms with E-state index in [4.69, 9.17) is 0 Å². The van der Waals surface area contributed by atoms with E-state index >= 15 is 0 Å². The first-order valence-corrected chi connectivity index (χ1v) is 6.13. The molecule has 4 amide bonds. The summed E-state index contributed by atoms with van der Waals surface area (Å²) in [4.78, 5) is 48.8. The van der Waals surface area contributed by atoms with E-state index in [9.17, 15) is 19.2 Å². The average molecular weight is 292 g/mol. The van der Waals surface area contributed by atoms with Gasteiger partial charge in [-0.1, -0.05) is 0 Å². The van der Waals surface area contributed by atoms with Crippen molar-refractivity contribution in [3.63, 3.8) is 0 Å². The Hall–Kier alpha value is -2.68. The van der Waals surface area contributed by atoms with Crippen LogP contribution in [0.15, 0.2) is 35.5 Å². The van der Waals surface area contributed by atoms with Crippen molar-refractivity contribution in [3.05, 3.63) is 41.1 Å². The zero-order valence-corrected chi connectivity index (χ0v) is 10.7. The third-order valence-corrected chi connectivity index (χ3v) is 2.96. The Bertz CT molecular complexity index is 614. The number of rotatable bonds is 2. The van der Waals surface area contributed by atoms with E-state index in [1.54, 1.807) is 0 Å². The van der Waals surface area contributed by atoms with Gasteiger partial charge >= 0.3 is 0 Å². The molecule has 0 aliphatic carbocycles. The number of nitrogens with one attached hydrogen (secondary N) is 3. The Morgan fingerprint density at radius 3 is 2.50 bits per heavy atom. The van der Waals surface area contributed by atoms with Gasteiger partial charge in [0.2, 0.25) is 0 Å². The number of aromatic nitrogens is 1. The normalized spacial score (nSPS) is 15.9. The summed E-state index contributed by atoms with van der Waals surface area (Å²) in [5.41, 5.74) is 4.58. The number of pyridine rings is 1. The van der Waals surface area contributed by atoms with Crippen molar-refractivity contribution in [1.29, 1.82) is 0 Å². The second kappa shape index (κ2) is 5.97. The number of carbonyl (C=O) groups is 4. The summed E-state index contributed by atoms with van der Waals surface area (Å²) in [6, 6.07) is 2.94. The molecule has 1 fully saturated rings. The van der Waals surface area contributed by atoms with Crippen molar-refractivity contribution in [2.45, 2.75) is 0 Å². The van der Waals surface area contributed by atoms with E-state index in [2.05, 4.69) is 15.8 Å². The van der Waals surface area contributed by atoms with Gasteiger partial charge in [0, 0.05) is 24.0 Å². The Kier molecular flexibility index (Phi) is 4.11. The molecule has 0 radical (unpaired) electrons. The Balaban J connectivity index is 1.90. The minimum absolute atomic E-state index is 0.0364. The standard InChI is InChI=1S/C11H8N4O4S/c16-8(5-7-10(18)13-11(19)20-7)14-15-9(17)6-1-3-12-4-2-6/h1-5H,(H,14,16)(H,15,17)(H,13,18,19). The highest BCUT2D eigenvalue weighted by Crippen LogP contribution is 2.22. The lowest BCUT2D eigenvalue weighted by molar-refractivity contribution is -0.118. The quantitative estimate of drug-likeness (QED) is 0.509. The Morgan fingerprint density at radius 2 is 1.90 bits per heavy atom. The molecule has 1 aromatic heterocycles. The highest BCUT2D eigenvalue weighted by Gasteiger charge is 2.25. The van der Waals surface area contributed by atoms with Crippen molar-refractivity contribution < 1.29 is 19.2 Å². The summed E-state index contributed by atoms with van der Waals surface area (Å²) in [6.07, 6.45) is 3.80. The summed E-state index contributed by atoms with van der Waals surface area (Å²) in [5.74, 6) is -1.89. The molecular formula is C11H8N4O4S. The van der Waals surface area contributed by atoms with Crippen LogP contribution >= 0.6 is 11.8 Å². The molecular weight excluding hydrogens is 284 g/mol. The number of carbonyl (C=O) groups excluding carboxylic acids is 4. The van der Waals surface area contributed by atoms with Crippen molar-refractivity contribution in [2.75, 3.05) is 0 Å². The van der Waals surface area contributed by atoms with Gasteiger partial charge in [0.1, 0.15) is 0 Å². The first kappa shape index (κ1) is 13.7. The van der Waals surface area contributed by atoms with Gasteiger partial charge in [0.15, 0.2) is 0 Å². The molecule has 1 aliphatic rings. The second-order valence-corrected chi connectivity index (χ2v) is 4.55. The minimum Gasteiger partial charge on any atom is -0.282 e. The molecule has 0 spiro atoms. The fourth-order valence-corrected chi connectivity index (χ4v) is 1.92. The molecule has 1 saturated heterocycles. The third kappa shape index (κ3) is 3.42. The molecule has 9 heteroatoms. The molecule has 1 aromatic rings. The largest absolute Gasteiger partial charge is 0.290 e. The molecule has 0 saturated carbocycles. The van der Waals surface area contributed by atoms with Crippen LogP contribution in [0.5, 0.6) is 0 Å². The fraction of sp³-hybridized carbons (Fsp3) is 0. The van der Waals surface area contributed by atoms with Gasteiger partial charge in [-0.2, -0.15) is 0 Å². The minimum atomic E-state index is -0.722. The molecule has 102 valence electrons. The summed E-state index contributed by atoms with van der Waals surface area (Å²) >= 11 is 0.612. The summed E-state index contributed by atoms with van der Waals surface area (Å²) in [7, 11) is 0. The topological polar surface area (TPSA) is 117 Å². The van der Waals surface area contributed by atoms with Crippen LogP contribution in [-0.4, -0.2) is 27.9 Å². The third-order valence-electron chi connectivity index (χ3n) is 2.15. The number of imide groups is 1. The molecule has 0 atom stereocenters. The van der Waals surface area contributed by atoms with Crippen LogP contribution < -0.4 is 16.2 Å². The van der Waals surface area contributed by atoms with Gasteiger partial charge in [-0.05, 0) is 23.9 Å². The predicted molar refractivity (Wildman–Crippen MR) is 69.1 cm³/mol. The maximum absolute atomic E-state index is 11.6. The van der Waals surface area contributed by atoms with Gasteiger partial charge in [0.05, 0.1) is 4.91 Å². The second-order valence-electron chi connectivity index (χ2n) is 3.53. The lowest BCUT2D eigenvalue weighted by atomic mass is 10.3. The van der Waals surface area contributed by atoms with E-state index in [1.165, 1.54) is 24.5 Å². The number of hydrogen-bond acceptors (Lipinski definition) is 6. The van der Waals surface area contributed by atoms with E-state index in [0.29, 0.717) is 17.3 Å². The van der Waals surface area contributed by atoms with Crippen LogP contribution in [0.2, 0.25) is 0 Å². The molecule has 0 unspecified atom stereocenters. The monoisotopic (exact) mass is 292 g/mol. The Morgan fingerprint density at radius 1 is 1.20 bits per heavy atom. The first-order valence-electron chi connectivity index (χ1n) is 5.31. The number of hydrazine groups is 1. The molecule has 8 nitrogen and oxygen atoms in total. The predicted octanol–water partition coefficient (Wildman–Crippen LogP) is -0.291. The summed E-state index contributed by atoms with van der Waals surface area (Å²) in [6.45, 7) is 0. The maximum atomic E-state index is 11.6. The molecule has 2 heterocycles. The van der Waals surface area contributed by atoms with E-state index < -0.39 is 23.0 Å². The Labute approximate surface area is 117 Å². The highest BCUT2D eigenvalue weighted by molar-refractivity contribution is 8.18. The van der Waals surface area contributed by atoms with Crippen LogP contribution in [-0.2, 0) is 9.59 Å². The number of thioether (sulfide) groups is 1. The molecule has 0 bridgehead atoms. The average Bonchev–Trinajstić information content (AvgIpc) is 2.75. The van der Waals surface area contributed by atoms with E-state index in [0.717, 1.165) is 6.08 Å². The van der Waals surface area contributed by atoms with Crippen LogP contribution in [0.4, 0.5) is 4.79 Å². The van der Waals surface area contributed by atoms with Crippen molar-refractivity contribution >= 4 is 34.7 Å². The summed E-state index contributed by atoms with van der Waals surface area (Å²) in [5, 5.41) is 1.46. The van der Waals surface area contributed by atoms with Crippen molar-refractivity contribution in [1.82, 2.24) is 21.2 Å². The first-order chi connectivity index (χ1) is 9.56.